The molecule has 0 atom stereocenters. The van der Waals surface area contributed by atoms with Crippen LogP contribution in [0.4, 0.5) is 19.3 Å². The third-order valence-corrected chi connectivity index (χ3v) is 7.53. The number of fused-ring (bicyclic) bond motifs is 1. The number of halogens is 2. The number of nitrogens with one attached hydrogen (secondary N) is 3. The van der Waals surface area contributed by atoms with E-state index >= 15 is 0 Å². The molecule has 1 heterocycles. The van der Waals surface area contributed by atoms with E-state index in [1.807, 2.05) is 12.1 Å². The van der Waals surface area contributed by atoms with E-state index in [4.69, 9.17) is 15.6 Å². The lowest BCUT2D eigenvalue weighted by atomic mass is 9.78. The molecular formula is C28H26F2N6O4. The molecule has 0 aliphatic heterocycles. The Morgan fingerprint density at radius 3 is 2.20 bits per heavy atom. The first kappa shape index (κ1) is 26.8. The Morgan fingerprint density at radius 2 is 1.62 bits per heavy atom. The number of urea groups is 1. The Labute approximate surface area is 227 Å². The molecular weight excluding hydrogens is 522 g/mol. The van der Waals surface area contributed by atoms with Gasteiger partial charge in [0.15, 0.2) is 5.76 Å². The second kappa shape index (κ2) is 9.75. The zero-order chi connectivity index (χ0) is 28.7. The summed E-state index contributed by atoms with van der Waals surface area (Å²) in [4.78, 5) is 38.9. The number of carbonyl (C=O) groups is 3. The number of alkyl halides is 2. The van der Waals surface area contributed by atoms with Gasteiger partial charge in [-0.1, -0.05) is 24.3 Å². The van der Waals surface area contributed by atoms with Crippen LogP contribution in [-0.4, -0.2) is 41.2 Å². The highest BCUT2D eigenvalue weighted by Crippen LogP contribution is 2.41. The number of rotatable bonds is 7. The highest BCUT2D eigenvalue weighted by molar-refractivity contribution is 6.06. The molecule has 4 amide bonds. The number of nitrogens with zero attached hydrogens (tertiary/aromatic N) is 2. The molecule has 2 aliphatic carbocycles. The van der Waals surface area contributed by atoms with E-state index in [-0.39, 0.29) is 18.6 Å². The predicted molar refractivity (Wildman–Crippen MR) is 142 cm³/mol. The average molecular weight is 549 g/mol. The van der Waals surface area contributed by atoms with Gasteiger partial charge in [-0.15, -0.1) is 0 Å². The third-order valence-electron chi connectivity index (χ3n) is 7.53. The molecule has 0 unspecified atom stereocenters. The van der Waals surface area contributed by atoms with Crippen LogP contribution in [0.1, 0.15) is 49.1 Å². The number of carbonyl (C=O) groups excluding carboxylic acids is 3. The monoisotopic (exact) mass is 548 g/mol. The minimum Gasteiger partial charge on any atom is -0.451 e. The highest BCUT2D eigenvalue weighted by Gasteiger charge is 2.53. The van der Waals surface area contributed by atoms with Crippen LogP contribution in [0, 0.1) is 16.7 Å². The highest BCUT2D eigenvalue weighted by atomic mass is 19.3. The second-order valence-corrected chi connectivity index (χ2v) is 10.3. The Morgan fingerprint density at radius 1 is 0.975 bits per heavy atom. The zero-order valence-corrected chi connectivity index (χ0v) is 21.3. The van der Waals surface area contributed by atoms with Crippen LogP contribution < -0.4 is 21.3 Å². The Kier molecular flexibility index (Phi) is 6.53. The summed E-state index contributed by atoms with van der Waals surface area (Å²) in [6.07, 6.45) is 0.0690. The van der Waals surface area contributed by atoms with Crippen molar-refractivity contribution in [1.29, 1.82) is 10.7 Å². The van der Waals surface area contributed by atoms with Crippen LogP contribution in [0.15, 0.2) is 52.9 Å². The first-order valence-corrected chi connectivity index (χ1v) is 12.7. The fourth-order valence-electron chi connectivity index (χ4n) is 4.86. The maximum atomic E-state index is 14.0. The van der Waals surface area contributed by atoms with E-state index in [0.29, 0.717) is 29.5 Å². The topological polar surface area (TPSA) is 165 Å². The van der Waals surface area contributed by atoms with E-state index < -0.39 is 47.7 Å². The van der Waals surface area contributed by atoms with Crippen LogP contribution in [0.25, 0.3) is 22.1 Å². The van der Waals surface area contributed by atoms with Gasteiger partial charge in [0.05, 0.1) is 18.1 Å². The maximum Gasteiger partial charge on any atom is 0.324 e. The van der Waals surface area contributed by atoms with Gasteiger partial charge in [0.25, 0.3) is 5.91 Å². The SMILES string of the molecule is N#CC1(NC(=O)C2(NC(=O)c3cc4ccc(-c5ccc(N(C=N)C(N)=O)cc5)cc4o3)CCC(F)(F)CC2)CC1. The number of furan rings is 1. The molecule has 206 valence electrons. The molecule has 40 heavy (non-hydrogen) atoms. The smallest absolute Gasteiger partial charge is 0.324 e. The van der Waals surface area contributed by atoms with Crippen LogP contribution in [-0.2, 0) is 4.79 Å². The summed E-state index contributed by atoms with van der Waals surface area (Å²) in [5.74, 6) is -4.39. The Bertz CT molecular complexity index is 1540. The first-order valence-electron chi connectivity index (χ1n) is 12.7. The van der Waals surface area contributed by atoms with Gasteiger partial charge < -0.3 is 20.8 Å². The van der Waals surface area contributed by atoms with Crippen LogP contribution in [0.2, 0.25) is 0 Å². The number of hydrogen-bond donors (Lipinski definition) is 4. The lowest BCUT2D eigenvalue weighted by Gasteiger charge is -2.39. The predicted octanol–water partition coefficient (Wildman–Crippen LogP) is 4.44. The zero-order valence-electron chi connectivity index (χ0n) is 21.3. The first-order chi connectivity index (χ1) is 19.0. The van der Waals surface area contributed by atoms with Crippen molar-refractivity contribution >= 4 is 40.8 Å². The summed E-state index contributed by atoms with van der Waals surface area (Å²) < 4.78 is 33.7. The molecule has 2 aromatic carbocycles. The van der Waals surface area contributed by atoms with Gasteiger partial charge in [0.2, 0.25) is 11.8 Å². The number of amides is 4. The van der Waals surface area contributed by atoms with Crippen LogP contribution in [0.3, 0.4) is 0 Å². The van der Waals surface area contributed by atoms with E-state index in [1.54, 1.807) is 36.4 Å². The summed E-state index contributed by atoms with van der Waals surface area (Å²) in [6, 6.07) is 14.8. The number of anilines is 1. The Hall–Kier alpha value is -4.79. The summed E-state index contributed by atoms with van der Waals surface area (Å²) in [7, 11) is 0. The van der Waals surface area contributed by atoms with Crippen molar-refractivity contribution in [2.45, 2.75) is 55.5 Å². The van der Waals surface area contributed by atoms with Crippen molar-refractivity contribution in [3.8, 4) is 17.2 Å². The third kappa shape index (κ3) is 5.10. The van der Waals surface area contributed by atoms with Gasteiger partial charge >= 0.3 is 6.03 Å². The number of benzene rings is 2. The number of nitrogens with two attached hydrogens (primary N) is 1. The average Bonchev–Trinajstić information content (AvgIpc) is 3.57. The standard InChI is InChI=1S/C28H26F2N6O4/c29-28(30)11-9-27(10-12-28,24(38)35-26(15-31)7-8-26)34-23(37)22-14-19-2-1-18(13-21(19)40-22)17-3-5-20(6-4-17)36(16-32)25(33)39/h1-6,13-14,16,32H,7-12H2,(H2,33,39)(H,34,37)(H,35,38). The maximum absolute atomic E-state index is 14.0. The van der Waals surface area contributed by atoms with E-state index in [0.717, 1.165) is 22.4 Å². The molecule has 2 saturated carbocycles. The van der Waals surface area contributed by atoms with Gasteiger partial charge in [-0.25, -0.2) is 13.6 Å². The van der Waals surface area contributed by atoms with Crippen molar-refractivity contribution in [3.05, 3.63) is 54.3 Å². The Balaban J connectivity index is 1.37. The molecule has 10 nitrogen and oxygen atoms in total. The molecule has 1 aromatic heterocycles. The van der Waals surface area contributed by atoms with E-state index in [9.17, 15) is 28.4 Å². The van der Waals surface area contributed by atoms with Gasteiger partial charge in [0, 0.05) is 18.2 Å². The summed E-state index contributed by atoms with van der Waals surface area (Å²) >= 11 is 0. The molecule has 2 fully saturated rings. The minimum absolute atomic E-state index is 0.0866. The summed E-state index contributed by atoms with van der Waals surface area (Å²) in [6.45, 7) is 0. The number of nitriles is 1. The van der Waals surface area contributed by atoms with Crippen LogP contribution >= 0.6 is 0 Å². The van der Waals surface area contributed by atoms with Crippen molar-refractivity contribution in [2.75, 3.05) is 4.90 Å². The van der Waals surface area contributed by atoms with Gasteiger partial charge in [-0.3, -0.25) is 19.9 Å². The molecule has 5 N–H and O–H groups in total. The molecule has 0 spiro atoms. The lowest BCUT2D eigenvalue weighted by Crippen LogP contribution is -2.62. The summed E-state index contributed by atoms with van der Waals surface area (Å²) in [5, 5.41) is 22.6. The fourth-order valence-corrected chi connectivity index (χ4v) is 4.86. The van der Waals surface area contributed by atoms with Crippen molar-refractivity contribution < 1.29 is 27.6 Å². The molecule has 12 heteroatoms. The molecule has 0 radical (unpaired) electrons. The van der Waals surface area contributed by atoms with Gasteiger partial charge in [-0.2, -0.15) is 5.26 Å². The number of hydrogen-bond acceptors (Lipinski definition) is 6. The second-order valence-electron chi connectivity index (χ2n) is 10.3. The van der Waals surface area contributed by atoms with Crippen molar-refractivity contribution in [2.24, 2.45) is 5.73 Å². The van der Waals surface area contributed by atoms with Crippen molar-refractivity contribution in [1.82, 2.24) is 10.6 Å². The minimum atomic E-state index is -2.94. The molecule has 0 saturated heterocycles. The van der Waals surface area contributed by atoms with E-state index in [2.05, 4.69) is 10.6 Å². The molecule has 3 aromatic rings. The van der Waals surface area contributed by atoms with Gasteiger partial charge in [0.1, 0.15) is 16.7 Å². The fraction of sp³-hybridized carbons (Fsp3) is 0.321. The van der Waals surface area contributed by atoms with Crippen LogP contribution in [0.5, 0.6) is 0 Å². The largest absolute Gasteiger partial charge is 0.451 e. The number of primary amides is 1. The van der Waals surface area contributed by atoms with Gasteiger partial charge in [-0.05, 0) is 61.1 Å². The normalized spacial score (nSPS) is 18.2. The quantitative estimate of drug-likeness (QED) is 0.253. The molecule has 0 bridgehead atoms. The molecule has 5 rings (SSSR count). The van der Waals surface area contributed by atoms with Crippen molar-refractivity contribution in [3.63, 3.8) is 0 Å². The lowest BCUT2D eigenvalue weighted by molar-refractivity contribution is -0.133. The summed E-state index contributed by atoms with van der Waals surface area (Å²) in [5.41, 5.74) is 5.00. The van der Waals surface area contributed by atoms with E-state index in [1.165, 1.54) is 6.07 Å². The molecule has 2 aliphatic rings.